The number of anilines is 1. The van der Waals surface area contributed by atoms with E-state index < -0.39 is 0 Å². The number of nitrogens with two attached hydrogens (primary N) is 1. The zero-order chi connectivity index (χ0) is 13.2. The summed E-state index contributed by atoms with van der Waals surface area (Å²) in [5.41, 5.74) is 7.61. The minimum Gasteiger partial charge on any atom is -0.330 e. The third-order valence-corrected chi connectivity index (χ3v) is 4.09. The number of carbonyl (C=O) groups is 1. The van der Waals surface area contributed by atoms with Crippen molar-refractivity contribution in [1.29, 1.82) is 0 Å². The average Bonchev–Trinajstić information content (AvgIpc) is 2.28. The first kappa shape index (κ1) is 13.4. The van der Waals surface area contributed by atoms with Gasteiger partial charge in [-0.2, -0.15) is 0 Å². The maximum absolute atomic E-state index is 12.0. The maximum atomic E-state index is 12.0. The summed E-state index contributed by atoms with van der Waals surface area (Å²) in [4.78, 5) is 12.0. The van der Waals surface area contributed by atoms with E-state index >= 15 is 0 Å². The number of rotatable bonds is 4. The highest BCUT2D eigenvalue weighted by Gasteiger charge is 2.37. The standard InChI is InChI=1S/C14H19ClN2O/c1-10-3-4-11(15)7-12(10)17-13(18)8-14(9-16)5-2-6-14/h3-4,7H,2,5-6,8-9,16H2,1H3,(H,17,18). The molecule has 0 heterocycles. The Morgan fingerprint density at radius 1 is 1.50 bits per heavy atom. The van der Waals surface area contributed by atoms with Crippen molar-refractivity contribution >= 4 is 23.2 Å². The molecule has 3 nitrogen and oxygen atoms in total. The third kappa shape index (κ3) is 2.85. The van der Waals surface area contributed by atoms with Crippen LogP contribution >= 0.6 is 11.6 Å². The molecule has 1 aliphatic carbocycles. The number of aryl methyl sites for hydroxylation is 1. The van der Waals surface area contributed by atoms with Crippen LogP contribution in [0.5, 0.6) is 0 Å². The van der Waals surface area contributed by atoms with E-state index in [0.717, 1.165) is 24.1 Å². The van der Waals surface area contributed by atoms with Crippen LogP contribution in [0.1, 0.15) is 31.2 Å². The Balaban J connectivity index is 2.00. The van der Waals surface area contributed by atoms with Gasteiger partial charge < -0.3 is 11.1 Å². The smallest absolute Gasteiger partial charge is 0.224 e. The zero-order valence-corrected chi connectivity index (χ0v) is 11.4. The topological polar surface area (TPSA) is 55.1 Å². The Morgan fingerprint density at radius 2 is 2.22 bits per heavy atom. The van der Waals surface area contributed by atoms with Crippen molar-refractivity contribution in [3.63, 3.8) is 0 Å². The van der Waals surface area contributed by atoms with Crippen LogP contribution in [-0.2, 0) is 4.79 Å². The van der Waals surface area contributed by atoms with Crippen LogP contribution in [0.25, 0.3) is 0 Å². The molecule has 0 atom stereocenters. The Morgan fingerprint density at radius 3 is 2.78 bits per heavy atom. The van der Waals surface area contributed by atoms with E-state index in [1.807, 2.05) is 19.1 Å². The second-order valence-electron chi connectivity index (χ2n) is 5.24. The van der Waals surface area contributed by atoms with Gasteiger partial charge in [-0.25, -0.2) is 0 Å². The number of hydrogen-bond acceptors (Lipinski definition) is 2. The Labute approximate surface area is 113 Å². The Kier molecular flexibility index (Phi) is 3.93. The predicted octanol–water partition coefficient (Wildman–Crippen LogP) is 3.11. The van der Waals surface area contributed by atoms with Crippen LogP contribution in [0.4, 0.5) is 5.69 Å². The number of hydrogen-bond donors (Lipinski definition) is 2. The summed E-state index contributed by atoms with van der Waals surface area (Å²) >= 11 is 5.93. The molecule has 18 heavy (non-hydrogen) atoms. The zero-order valence-electron chi connectivity index (χ0n) is 10.6. The molecule has 0 bridgehead atoms. The molecule has 2 rings (SSSR count). The van der Waals surface area contributed by atoms with E-state index in [1.165, 1.54) is 6.42 Å². The molecule has 1 aromatic carbocycles. The van der Waals surface area contributed by atoms with Gasteiger partial charge in [0.25, 0.3) is 0 Å². The van der Waals surface area contributed by atoms with Crippen LogP contribution in [-0.4, -0.2) is 12.5 Å². The lowest BCUT2D eigenvalue weighted by atomic mass is 9.66. The Hall–Kier alpha value is -1.06. The van der Waals surface area contributed by atoms with Crippen LogP contribution in [0, 0.1) is 12.3 Å². The molecule has 0 saturated heterocycles. The highest BCUT2D eigenvalue weighted by atomic mass is 35.5. The summed E-state index contributed by atoms with van der Waals surface area (Å²) in [6, 6.07) is 5.50. The maximum Gasteiger partial charge on any atom is 0.224 e. The van der Waals surface area contributed by atoms with Crippen LogP contribution in [0.3, 0.4) is 0 Å². The second kappa shape index (κ2) is 5.29. The van der Waals surface area contributed by atoms with E-state index in [9.17, 15) is 4.79 Å². The lowest BCUT2D eigenvalue weighted by Gasteiger charge is -2.40. The van der Waals surface area contributed by atoms with E-state index in [4.69, 9.17) is 17.3 Å². The highest BCUT2D eigenvalue weighted by Crippen LogP contribution is 2.43. The number of carbonyl (C=O) groups excluding carboxylic acids is 1. The fraction of sp³-hybridized carbons (Fsp3) is 0.500. The third-order valence-electron chi connectivity index (χ3n) is 3.86. The average molecular weight is 267 g/mol. The van der Waals surface area contributed by atoms with Crippen molar-refractivity contribution in [3.05, 3.63) is 28.8 Å². The van der Waals surface area contributed by atoms with Crippen molar-refractivity contribution in [2.45, 2.75) is 32.6 Å². The van der Waals surface area contributed by atoms with Gasteiger partial charge in [-0.1, -0.05) is 24.1 Å². The first-order valence-corrected chi connectivity index (χ1v) is 6.69. The van der Waals surface area contributed by atoms with E-state index in [1.54, 1.807) is 6.07 Å². The molecular formula is C14H19ClN2O. The monoisotopic (exact) mass is 266 g/mol. The molecule has 1 fully saturated rings. The second-order valence-corrected chi connectivity index (χ2v) is 5.68. The quantitative estimate of drug-likeness (QED) is 0.880. The summed E-state index contributed by atoms with van der Waals surface area (Å²) < 4.78 is 0. The van der Waals surface area contributed by atoms with Crippen molar-refractivity contribution < 1.29 is 4.79 Å². The van der Waals surface area contributed by atoms with Gasteiger partial charge in [-0.3, -0.25) is 4.79 Å². The van der Waals surface area contributed by atoms with Gasteiger partial charge >= 0.3 is 0 Å². The fourth-order valence-corrected chi connectivity index (χ4v) is 2.57. The summed E-state index contributed by atoms with van der Waals surface area (Å²) in [7, 11) is 0. The van der Waals surface area contributed by atoms with Crippen LogP contribution in [0.15, 0.2) is 18.2 Å². The molecule has 4 heteroatoms. The minimum atomic E-state index is 0.0329. The largest absolute Gasteiger partial charge is 0.330 e. The van der Waals surface area contributed by atoms with Gasteiger partial charge in [0, 0.05) is 17.1 Å². The molecular weight excluding hydrogens is 248 g/mol. The summed E-state index contributed by atoms with van der Waals surface area (Å²) in [5, 5.41) is 3.56. The van der Waals surface area contributed by atoms with Crippen molar-refractivity contribution in [1.82, 2.24) is 0 Å². The molecule has 0 radical (unpaired) electrons. The van der Waals surface area contributed by atoms with Gasteiger partial charge in [0.05, 0.1) is 0 Å². The van der Waals surface area contributed by atoms with Crippen molar-refractivity contribution in [2.75, 3.05) is 11.9 Å². The lowest BCUT2D eigenvalue weighted by Crippen LogP contribution is -2.40. The van der Waals surface area contributed by atoms with Crippen LogP contribution < -0.4 is 11.1 Å². The van der Waals surface area contributed by atoms with Gasteiger partial charge in [-0.05, 0) is 49.4 Å². The molecule has 0 aliphatic heterocycles. The predicted molar refractivity (Wildman–Crippen MR) is 74.8 cm³/mol. The summed E-state index contributed by atoms with van der Waals surface area (Å²) in [5.74, 6) is 0.0329. The molecule has 1 aromatic rings. The number of nitrogens with one attached hydrogen (secondary N) is 1. The SMILES string of the molecule is Cc1ccc(Cl)cc1NC(=O)CC1(CN)CCC1. The van der Waals surface area contributed by atoms with Crippen molar-refractivity contribution in [2.24, 2.45) is 11.1 Å². The highest BCUT2D eigenvalue weighted by molar-refractivity contribution is 6.31. The van der Waals surface area contributed by atoms with E-state index in [-0.39, 0.29) is 11.3 Å². The van der Waals surface area contributed by atoms with Crippen molar-refractivity contribution in [3.8, 4) is 0 Å². The van der Waals surface area contributed by atoms with E-state index in [2.05, 4.69) is 5.32 Å². The number of amides is 1. The van der Waals surface area contributed by atoms with Gasteiger partial charge in [0.2, 0.25) is 5.91 Å². The fourth-order valence-electron chi connectivity index (χ4n) is 2.39. The van der Waals surface area contributed by atoms with Gasteiger partial charge in [-0.15, -0.1) is 0 Å². The van der Waals surface area contributed by atoms with E-state index in [0.29, 0.717) is 18.0 Å². The molecule has 3 N–H and O–H groups in total. The molecule has 0 unspecified atom stereocenters. The molecule has 0 spiro atoms. The molecule has 1 aliphatic rings. The van der Waals surface area contributed by atoms with Gasteiger partial charge in [0.15, 0.2) is 0 Å². The Bertz CT molecular complexity index is 450. The lowest BCUT2D eigenvalue weighted by molar-refractivity contribution is -0.119. The molecule has 1 saturated carbocycles. The minimum absolute atomic E-state index is 0.0329. The number of benzene rings is 1. The van der Waals surface area contributed by atoms with Gasteiger partial charge in [0.1, 0.15) is 0 Å². The first-order valence-electron chi connectivity index (χ1n) is 6.31. The first-order chi connectivity index (χ1) is 8.54. The summed E-state index contributed by atoms with van der Waals surface area (Å²) in [6.07, 6.45) is 3.81. The molecule has 0 aromatic heterocycles. The number of halogens is 1. The molecule has 1 amide bonds. The van der Waals surface area contributed by atoms with Crippen LogP contribution in [0.2, 0.25) is 5.02 Å². The molecule has 98 valence electrons. The summed E-state index contributed by atoms with van der Waals surface area (Å²) in [6.45, 7) is 2.54. The normalized spacial score (nSPS) is 17.1.